The molecule has 1 N–H and O–H groups in total. The van der Waals surface area contributed by atoms with E-state index in [9.17, 15) is 0 Å². The van der Waals surface area contributed by atoms with Gasteiger partial charge >= 0.3 is 0 Å². The maximum atomic E-state index is 4.37. The van der Waals surface area contributed by atoms with Crippen LogP contribution in [0.3, 0.4) is 0 Å². The highest BCUT2D eigenvalue weighted by Crippen LogP contribution is 2.23. The van der Waals surface area contributed by atoms with Crippen LogP contribution in [0, 0.1) is 12.8 Å². The molecule has 2 heterocycles. The Balaban J connectivity index is 1.81. The van der Waals surface area contributed by atoms with Crippen LogP contribution in [-0.2, 0) is 0 Å². The van der Waals surface area contributed by atoms with Crippen LogP contribution in [0.25, 0.3) is 0 Å². The summed E-state index contributed by atoms with van der Waals surface area (Å²) in [6, 6.07) is 2.02. The van der Waals surface area contributed by atoms with Crippen LogP contribution < -0.4 is 5.32 Å². The molecule has 1 aromatic rings. The second-order valence-corrected chi connectivity index (χ2v) is 6.08. The van der Waals surface area contributed by atoms with Crippen molar-refractivity contribution in [1.82, 2.24) is 9.88 Å². The lowest BCUT2D eigenvalue weighted by Crippen LogP contribution is -2.29. The third-order valence-corrected chi connectivity index (χ3v) is 4.47. The number of nitrogens with zero attached hydrogens (tertiary/aromatic N) is 2. The fraction of sp³-hybridized carbons (Fsp3) is 0.643. The van der Waals surface area contributed by atoms with E-state index in [2.05, 4.69) is 45.0 Å². The maximum absolute atomic E-state index is 4.37. The zero-order chi connectivity index (χ0) is 13.0. The van der Waals surface area contributed by atoms with E-state index in [4.69, 9.17) is 0 Å². The van der Waals surface area contributed by atoms with Crippen LogP contribution in [0.1, 0.15) is 25.3 Å². The van der Waals surface area contributed by atoms with Gasteiger partial charge in [0.05, 0.1) is 4.47 Å². The molecule has 18 heavy (non-hydrogen) atoms. The van der Waals surface area contributed by atoms with E-state index >= 15 is 0 Å². The van der Waals surface area contributed by atoms with Gasteiger partial charge in [0.2, 0.25) is 0 Å². The molecule has 0 amide bonds. The van der Waals surface area contributed by atoms with Gasteiger partial charge in [-0.15, -0.1) is 0 Å². The van der Waals surface area contributed by atoms with Gasteiger partial charge in [0.1, 0.15) is 5.82 Å². The summed E-state index contributed by atoms with van der Waals surface area (Å²) < 4.78 is 1.08. The van der Waals surface area contributed by atoms with Crippen molar-refractivity contribution in [3.05, 3.63) is 22.3 Å². The van der Waals surface area contributed by atoms with Gasteiger partial charge in [0.25, 0.3) is 0 Å². The Bertz CT molecular complexity index is 389. The first-order chi connectivity index (χ1) is 8.66. The predicted molar refractivity (Wildman–Crippen MR) is 80.0 cm³/mol. The highest BCUT2D eigenvalue weighted by atomic mass is 79.9. The van der Waals surface area contributed by atoms with Crippen molar-refractivity contribution in [2.24, 2.45) is 5.92 Å². The van der Waals surface area contributed by atoms with Gasteiger partial charge in [-0.05, 0) is 66.3 Å². The second-order valence-electron chi connectivity index (χ2n) is 5.28. The molecule has 0 saturated carbocycles. The van der Waals surface area contributed by atoms with Crippen LogP contribution >= 0.6 is 15.9 Å². The fourth-order valence-corrected chi connectivity index (χ4v) is 2.78. The first-order valence-corrected chi connectivity index (χ1v) is 7.53. The van der Waals surface area contributed by atoms with Crippen LogP contribution in [0.4, 0.5) is 5.82 Å². The van der Waals surface area contributed by atoms with Crippen LogP contribution in [0.15, 0.2) is 16.7 Å². The third kappa shape index (κ3) is 3.69. The summed E-state index contributed by atoms with van der Waals surface area (Å²) in [5, 5.41) is 3.44. The number of likely N-dealkylation sites (tertiary alicyclic amines) is 1. The number of hydrogen-bond acceptors (Lipinski definition) is 3. The topological polar surface area (TPSA) is 28.2 Å². The van der Waals surface area contributed by atoms with Crippen molar-refractivity contribution in [3.8, 4) is 0 Å². The molecule has 0 bridgehead atoms. The first kappa shape index (κ1) is 13.8. The lowest BCUT2D eigenvalue weighted by molar-refractivity contribution is 0.294. The van der Waals surface area contributed by atoms with Crippen molar-refractivity contribution in [3.63, 3.8) is 0 Å². The van der Waals surface area contributed by atoms with E-state index in [0.717, 1.165) is 16.8 Å². The summed E-state index contributed by atoms with van der Waals surface area (Å²) in [7, 11) is 0. The quantitative estimate of drug-likeness (QED) is 0.904. The first-order valence-electron chi connectivity index (χ1n) is 6.74. The standard InChI is InChI=1S/C14H22BrN3/c1-11(10-18-7-3-4-8-18)9-17-14-13(15)12(2)5-6-16-14/h5-6,11H,3-4,7-10H2,1-2H3,(H,16,17). The molecule has 1 unspecified atom stereocenters. The van der Waals surface area contributed by atoms with Gasteiger partial charge in [-0.25, -0.2) is 4.98 Å². The van der Waals surface area contributed by atoms with Crippen LogP contribution in [-0.4, -0.2) is 36.1 Å². The van der Waals surface area contributed by atoms with Crippen molar-refractivity contribution < 1.29 is 0 Å². The molecule has 1 aliphatic heterocycles. The minimum Gasteiger partial charge on any atom is -0.369 e. The largest absolute Gasteiger partial charge is 0.369 e. The Kier molecular flexibility index (Phi) is 5.01. The van der Waals surface area contributed by atoms with Crippen molar-refractivity contribution in [2.75, 3.05) is 31.5 Å². The number of hydrogen-bond donors (Lipinski definition) is 1. The molecule has 1 fully saturated rings. The Hall–Kier alpha value is -0.610. The molecule has 3 nitrogen and oxygen atoms in total. The Labute approximate surface area is 118 Å². The van der Waals surface area contributed by atoms with Crippen LogP contribution in [0.2, 0.25) is 0 Å². The SMILES string of the molecule is Cc1ccnc(NCC(C)CN2CCCC2)c1Br. The van der Waals surface area contributed by atoms with Crippen molar-refractivity contribution in [2.45, 2.75) is 26.7 Å². The number of aromatic nitrogens is 1. The van der Waals surface area contributed by atoms with E-state index in [1.807, 2.05) is 12.3 Å². The van der Waals surface area contributed by atoms with Gasteiger partial charge in [-0.3, -0.25) is 0 Å². The number of anilines is 1. The van der Waals surface area contributed by atoms with Gasteiger partial charge in [-0.2, -0.15) is 0 Å². The summed E-state index contributed by atoms with van der Waals surface area (Å²) >= 11 is 3.58. The molecule has 0 radical (unpaired) electrons. The third-order valence-electron chi connectivity index (χ3n) is 3.47. The molecule has 1 aromatic heterocycles. The summed E-state index contributed by atoms with van der Waals surface area (Å²) in [6.07, 6.45) is 4.59. The lowest BCUT2D eigenvalue weighted by Gasteiger charge is -2.21. The monoisotopic (exact) mass is 311 g/mol. The molecular weight excluding hydrogens is 290 g/mol. The van der Waals surface area contributed by atoms with E-state index in [0.29, 0.717) is 5.92 Å². The minimum absolute atomic E-state index is 0.650. The van der Waals surface area contributed by atoms with E-state index in [1.54, 1.807) is 0 Å². The summed E-state index contributed by atoms with van der Waals surface area (Å²) in [5.74, 6) is 1.61. The number of pyridine rings is 1. The van der Waals surface area contributed by atoms with E-state index < -0.39 is 0 Å². The highest BCUT2D eigenvalue weighted by Gasteiger charge is 2.14. The summed E-state index contributed by atoms with van der Waals surface area (Å²) in [4.78, 5) is 6.93. The summed E-state index contributed by atoms with van der Waals surface area (Å²) in [5.41, 5.74) is 1.22. The zero-order valence-electron chi connectivity index (χ0n) is 11.2. The Morgan fingerprint density at radius 3 is 2.89 bits per heavy atom. The fourth-order valence-electron chi connectivity index (χ4n) is 2.40. The zero-order valence-corrected chi connectivity index (χ0v) is 12.8. The molecule has 4 heteroatoms. The number of aryl methyl sites for hydroxylation is 1. The molecule has 0 aliphatic carbocycles. The van der Waals surface area contributed by atoms with E-state index in [1.165, 1.54) is 38.0 Å². The average Bonchev–Trinajstić information content (AvgIpc) is 2.84. The van der Waals surface area contributed by atoms with Crippen molar-refractivity contribution in [1.29, 1.82) is 0 Å². The summed E-state index contributed by atoms with van der Waals surface area (Å²) in [6.45, 7) is 9.11. The maximum Gasteiger partial charge on any atom is 0.140 e. The molecule has 0 aromatic carbocycles. The lowest BCUT2D eigenvalue weighted by atomic mass is 10.1. The smallest absolute Gasteiger partial charge is 0.140 e. The predicted octanol–water partition coefficient (Wildman–Crippen LogP) is 3.30. The number of halogens is 1. The van der Waals surface area contributed by atoms with Gasteiger partial charge < -0.3 is 10.2 Å². The molecule has 1 saturated heterocycles. The Morgan fingerprint density at radius 1 is 1.44 bits per heavy atom. The number of nitrogens with one attached hydrogen (secondary N) is 1. The highest BCUT2D eigenvalue weighted by molar-refractivity contribution is 9.10. The van der Waals surface area contributed by atoms with E-state index in [-0.39, 0.29) is 0 Å². The molecular formula is C14H22BrN3. The van der Waals surface area contributed by atoms with Gasteiger partial charge in [0.15, 0.2) is 0 Å². The molecule has 0 spiro atoms. The minimum atomic E-state index is 0.650. The molecule has 1 atom stereocenters. The van der Waals surface area contributed by atoms with Gasteiger partial charge in [-0.1, -0.05) is 6.92 Å². The molecule has 1 aliphatic rings. The van der Waals surface area contributed by atoms with Gasteiger partial charge in [0, 0.05) is 19.3 Å². The van der Waals surface area contributed by atoms with Crippen LogP contribution in [0.5, 0.6) is 0 Å². The molecule has 100 valence electrons. The van der Waals surface area contributed by atoms with Crippen molar-refractivity contribution >= 4 is 21.7 Å². The Morgan fingerprint density at radius 2 is 2.17 bits per heavy atom. The normalized spacial score (nSPS) is 17.9. The average molecular weight is 312 g/mol. The molecule has 2 rings (SSSR count). The number of rotatable bonds is 5. The second kappa shape index (κ2) is 6.53.